The SMILES string of the molecule is Cc1cccc(C#N)c1N(C)C(C)c1cccc(Cl)c1. The summed E-state index contributed by atoms with van der Waals surface area (Å²) in [5.41, 5.74) is 3.90. The van der Waals surface area contributed by atoms with Gasteiger partial charge >= 0.3 is 0 Å². The number of para-hydroxylation sites is 1. The van der Waals surface area contributed by atoms with Crippen LogP contribution in [0.25, 0.3) is 0 Å². The molecule has 0 saturated heterocycles. The monoisotopic (exact) mass is 284 g/mol. The van der Waals surface area contributed by atoms with E-state index in [0.717, 1.165) is 21.8 Å². The predicted octanol–water partition coefficient (Wildman–Crippen LogP) is 4.72. The van der Waals surface area contributed by atoms with E-state index in [1.807, 2.05) is 50.4 Å². The Kier molecular flexibility index (Phi) is 4.32. The van der Waals surface area contributed by atoms with Gasteiger partial charge in [0.1, 0.15) is 6.07 Å². The Bertz CT molecular complexity index is 658. The molecular weight excluding hydrogens is 268 g/mol. The lowest BCUT2D eigenvalue weighted by molar-refractivity contribution is 0.736. The van der Waals surface area contributed by atoms with Crippen molar-refractivity contribution < 1.29 is 0 Å². The number of anilines is 1. The molecule has 0 amide bonds. The van der Waals surface area contributed by atoms with Gasteiger partial charge in [-0.15, -0.1) is 0 Å². The summed E-state index contributed by atoms with van der Waals surface area (Å²) in [4.78, 5) is 2.12. The first-order valence-corrected chi connectivity index (χ1v) is 6.90. The van der Waals surface area contributed by atoms with Crippen molar-refractivity contribution in [3.05, 3.63) is 64.2 Å². The first-order valence-electron chi connectivity index (χ1n) is 6.52. The normalized spacial score (nSPS) is 11.8. The van der Waals surface area contributed by atoms with Gasteiger partial charge in [-0.05, 0) is 43.2 Å². The molecule has 0 spiro atoms. The molecule has 0 heterocycles. The molecule has 1 unspecified atom stereocenters. The maximum Gasteiger partial charge on any atom is 0.101 e. The molecule has 3 heteroatoms. The molecule has 102 valence electrons. The highest BCUT2D eigenvalue weighted by Crippen LogP contribution is 2.31. The molecule has 0 N–H and O–H groups in total. The van der Waals surface area contributed by atoms with Crippen molar-refractivity contribution in [1.29, 1.82) is 5.26 Å². The second-order valence-corrected chi connectivity index (χ2v) is 5.36. The molecule has 0 radical (unpaired) electrons. The van der Waals surface area contributed by atoms with Crippen molar-refractivity contribution in [2.45, 2.75) is 19.9 Å². The minimum Gasteiger partial charge on any atom is -0.367 e. The fourth-order valence-corrected chi connectivity index (χ4v) is 2.60. The van der Waals surface area contributed by atoms with Crippen LogP contribution in [0, 0.1) is 18.3 Å². The van der Waals surface area contributed by atoms with Crippen molar-refractivity contribution >= 4 is 17.3 Å². The van der Waals surface area contributed by atoms with Crippen molar-refractivity contribution in [3.63, 3.8) is 0 Å². The van der Waals surface area contributed by atoms with Gasteiger partial charge < -0.3 is 4.90 Å². The van der Waals surface area contributed by atoms with Gasteiger partial charge in [0.15, 0.2) is 0 Å². The van der Waals surface area contributed by atoms with Crippen LogP contribution < -0.4 is 4.90 Å². The highest BCUT2D eigenvalue weighted by molar-refractivity contribution is 6.30. The van der Waals surface area contributed by atoms with Crippen molar-refractivity contribution in [2.75, 3.05) is 11.9 Å². The molecule has 0 aliphatic carbocycles. The maximum atomic E-state index is 9.29. The molecule has 2 rings (SSSR count). The van der Waals surface area contributed by atoms with Crippen LogP contribution in [-0.2, 0) is 0 Å². The molecule has 0 bridgehead atoms. The van der Waals surface area contributed by atoms with E-state index in [-0.39, 0.29) is 6.04 Å². The molecule has 2 aromatic rings. The Morgan fingerprint density at radius 3 is 2.55 bits per heavy atom. The first-order chi connectivity index (χ1) is 9.54. The average Bonchev–Trinajstić information content (AvgIpc) is 2.45. The molecule has 0 aromatic heterocycles. The minimum absolute atomic E-state index is 0.141. The number of hydrogen-bond donors (Lipinski definition) is 0. The van der Waals surface area contributed by atoms with Gasteiger partial charge in [0.2, 0.25) is 0 Å². The highest BCUT2D eigenvalue weighted by atomic mass is 35.5. The smallest absolute Gasteiger partial charge is 0.101 e. The molecular formula is C17H17ClN2. The van der Waals surface area contributed by atoms with E-state index in [2.05, 4.69) is 24.0 Å². The molecule has 0 aliphatic heterocycles. The van der Waals surface area contributed by atoms with Crippen LogP contribution in [-0.4, -0.2) is 7.05 Å². The van der Waals surface area contributed by atoms with Crippen molar-refractivity contribution in [3.8, 4) is 6.07 Å². The Morgan fingerprint density at radius 1 is 1.20 bits per heavy atom. The van der Waals surface area contributed by atoms with E-state index in [0.29, 0.717) is 5.56 Å². The Morgan fingerprint density at radius 2 is 1.90 bits per heavy atom. The lowest BCUT2D eigenvalue weighted by atomic mass is 10.0. The van der Waals surface area contributed by atoms with Gasteiger partial charge in [0.05, 0.1) is 17.3 Å². The third-order valence-corrected chi connectivity index (χ3v) is 3.86. The highest BCUT2D eigenvalue weighted by Gasteiger charge is 2.17. The third kappa shape index (κ3) is 2.79. The Balaban J connectivity index is 2.42. The van der Waals surface area contributed by atoms with E-state index < -0.39 is 0 Å². The van der Waals surface area contributed by atoms with E-state index >= 15 is 0 Å². The summed E-state index contributed by atoms with van der Waals surface area (Å²) in [6, 6.07) is 16.0. The van der Waals surface area contributed by atoms with Crippen LogP contribution in [0.4, 0.5) is 5.69 Å². The topological polar surface area (TPSA) is 27.0 Å². The van der Waals surface area contributed by atoms with Gasteiger partial charge in [0.25, 0.3) is 0 Å². The zero-order chi connectivity index (χ0) is 14.7. The van der Waals surface area contributed by atoms with E-state index in [1.165, 1.54) is 0 Å². The fraction of sp³-hybridized carbons (Fsp3) is 0.235. The van der Waals surface area contributed by atoms with Gasteiger partial charge in [-0.1, -0.05) is 35.9 Å². The number of nitriles is 1. The lowest BCUT2D eigenvalue weighted by Gasteiger charge is -2.29. The Labute approximate surface area is 125 Å². The number of nitrogens with zero attached hydrogens (tertiary/aromatic N) is 2. The summed E-state index contributed by atoms with van der Waals surface area (Å²) >= 11 is 6.06. The second-order valence-electron chi connectivity index (χ2n) is 4.92. The van der Waals surface area contributed by atoms with Crippen LogP contribution in [0.5, 0.6) is 0 Å². The number of hydrogen-bond acceptors (Lipinski definition) is 2. The van der Waals surface area contributed by atoms with E-state index in [9.17, 15) is 5.26 Å². The molecule has 2 nitrogen and oxygen atoms in total. The zero-order valence-electron chi connectivity index (χ0n) is 11.9. The van der Waals surface area contributed by atoms with Crippen molar-refractivity contribution in [2.24, 2.45) is 0 Å². The van der Waals surface area contributed by atoms with E-state index in [4.69, 9.17) is 11.6 Å². The van der Waals surface area contributed by atoms with Crippen LogP contribution >= 0.6 is 11.6 Å². The largest absolute Gasteiger partial charge is 0.367 e. The summed E-state index contributed by atoms with van der Waals surface area (Å²) in [6.45, 7) is 4.14. The summed E-state index contributed by atoms with van der Waals surface area (Å²) in [5, 5.41) is 10.0. The van der Waals surface area contributed by atoms with Gasteiger partial charge in [-0.2, -0.15) is 5.26 Å². The van der Waals surface area contributed by atoms with Crippen LogP contribution in [0.1, 0.15) is 29.7 Å². The van der Waals surface area contributed by atoms with Crippen LogP contribution in [0.2, 0.25) is 5.02 Å². The minimum atomic E-state index is 0.141. The maximum absolute atomic E-state index is 9.29. The van der Waals surface area contributed by atoms with E-state index in [1.54, 1.807) is 0 Å². The quantitative estimate of drug-likeness (QED) is 0.815. The van der Waals surface area contributed by atoms with Gasteiger partial charge in [-0.3, -0.25) is 0 Å². The van der Waals surface area contributed by atoms with Crippen LogP contribution in [0.15, 0.2) is 42.5 Å². The number of rotatable bonds is 3. The predicted molar refractivity (Wildman–Crippen MR) is 84.2 cm³/mol. The molecule has 2 aromatic carbocycles. The second kappa shape index (κ2) is 5.98. The summed E-state index contributed by atoms with van der Waals surface area (Å²) in [6.07, 6.45) is 0. The number of aryl methyl sites for hydroxylation is 1. The van der Waals surface area contributed by atoms with Crippen molar-refractivity contribution in [1.82, 2.24) is 0 Å². The standard InChI is InChI=1S/C17H17ClN2/c1-12-6-4-8-15(11-19)17(12)20(3)13(2)14-7-5-9-16(18)10-14/h4-10,13H,1-3H3. The summed E-state index contributed by atoms with van der Waals surface area (Å²) < 4.78 is 0. The average molecular weight is 285 g/mol. The van der Waals surface area contributed by atoms with Gasteiger partial charge in [-0.25, -0.2) is 0 Å². The molecule has 0 saturated carbocycles. The Hall–Kier alpha value is -1.98. The molecule has 0 fully saturated rings. The molecule has 1 atom stereocenters. The first kappa shape index (κ1) is 14.4. The third-order valence-electron chi connectivity index (χ3n) is 3.62. The molecule has 20 heavy (non-hydrogen) atoms. The fourth-order valence-electron chi connectivity index (χ4n) is 2.40. The number of benzene rings is 2. The lowest BCUT2D eigenvalue weighted by Crippen LogP contribution is -2.23. The molecule has 0 aliphatic rings. The zero-order valence-corrected chi connectivity index (χ0v) is 12.6. The summed E-state index contributed by atoms with van der Waals surface area (Å²) in [5.74, 6) is 0. The van der Waals surface area contributed by atoms with Gasteiger partial charge in [0, 0.05) is 12.1 Å². The van der Waals surface area contributed by atoms with Crippen LogP contribution in [0.3, 0.4) is 0 Å². The summed E-state index contributed by atoms with van der Waals surface area (Å²) in [7, 11) is 2.01. The number of halogens is 1.